The van der Waals surface area contributed by atoms with Crippen molar-refractivity contribution < 1.29 is 9.59 Å². The van der Waals surface area contributed by atoms with Crippen molar-refractivity contribution in [1.82, 2.24) is 0 Å². The third kappa shape index (κ3) is 2.30. The summed E-state index contributed by atoms with van der Waals surface area (Å²) in [5, 5.41) is 0. The van der Waals surface area contributed by atoms with Crippen LogP contribution in [0.1, 0.15) is 40.5 Å². The average molecular weight is 320 g/mol. The molecule has 122 valence electrons. The molecule has 0 radical (unpaired) electrons. The lowest BCUT2D eigenvalue weighted by molar-refractivity contribution is 0.0926. The summed E-state index contributed by atoms with van der Waals surface area (Å²) in [6, 6.07) is 14.8. The molecular weight excluding hydrogens is 300 g/mol. The Balaban J connectivity index is 1.76. The Morgan fingerprint density at radius 3 is 2.08 bits per heavy atom. The maximum atomic E-state index is 12.8. The summed E-state index contributed by atoms with van der Waals surface area (Å²) >= 11 is 0. The molecule has 0 spiro atoms. The zero-order chi connectivity index (χ0) is 16.7. The Labute approximate surface area is 141 Å². The fourth-order valence-electron chi connectivity index (χ4n) is 3.74. The zero-order valence-corrected chi connectivity index (χ0v) is 13.7. The van der Waals surface area contributed by atoms with Gasteiger partial charge < -0.3 is 4.90 Å². The first-order valence-electron chi connectivity index (χ1n) is 8.48. The van der Waals surface area contributed by atoms with E-state index >= 15 is 0 Å². The molecule has 1 saturated heterocycles. The van der Waals surface area contributed by atoms with Crippen LogP contribution in [0.4, 0.5) is 11.4 Å². The molecule has 1 fully saturated rings. The standard InChI is InChI=1S/C20H20N2O2/c1-14-7-6-12-21(13-14)17-10-4-5-11-18(17)22-19(23)15-8-2-3-9-16(15)20(22)24/h2-5,8-11,14H,6-7,12-13H2,1H3. The van der Waals surface area contributed by atoms with Gasteiger partial charge in [-0.3, -0.25) is 9.59 Å². The van der Waals surface area contributed by atoms with Gasteiger partial charge in [0.05, 0.1) is 22.5 Å². The van der Waals surface area contributed by atoms with Gasteiger partial charge in [-0.1, -0.05) is 31.2 Å². The van der Waals surface area contributed by atoms with Crippen molar-refractivity contribution >= 4 is 23.2 Å². The summed E-state index contributed by atoms with van der Waals surface area (Å²) in [6.45, 7) is 4.17. The maximum absolute atomic E-state index is 12.8. The lowest BCUT2D eigenvalue weighted by Gasteiger charge is -2.35. The Bertz CT molecular complexity index is 780. The molecule has 2 aliphatic rings. The van der Waals surface area contributed by atoms with Gasteiger partial charge in [-0.25, -0.2) is 4.90 Å². The topological polar surface area (TPSA) is 40.6 Å². The number of nitrogens with zero attached hydrogens (tertiary/aromatic N) is 2. The molecule has 0 aromatic heterocycles. The van der Waals surface area contributed by atoms with Crippen molar-refractivity contribution in [2.45, 2.75) is 19.8 Å². The number of piperidine rings is 1. The molecule has 24 heavy (non-hydrogen) atoms. The molecule has 0 saturated carbocycles. The molecular formula is C20H20N2O2. The van der Waals surface area contributed by atoms with Crippen molar-refractivity contribution in [3.05, 3.63) is 59.7 Å². The van der Waals surface area contributed by atoms with Crippen LogP contribution in [0.3, 0.4) is 0 Å². The number of hydrogen-bond donors (Lipinski definition) is 0. The van der Waals surface area contributed by atoms with Crippen LogP contribution in [0.5, 0.6) is 0 Å². The monoisotopic (exact) mass is 320 g/mol. The highest BCUT2D eigenvalue weighted by molar-refractivity contribution is 6.35. The number of fused-ring (bicyclic) bond motifs is 1. The van der Waals surface area contributed by atoms with Gasteiger partial charge in [-0.2, -0.15) is 0 Å². The van der Waals surface area contributed by atoms with Crippen molar-refractivity contribution in [3.63, 3.8) is 0 Å². The number of rotatable bonds is 2. The highest BCUT2D eigenvalue weighted by atomic mass is 16.2. The molecule has 4 rings (SSSR count). The van der Waals surface area contributed by atoms with Crippen molar-refractivity contribution in [2.24, 2.45) is 5.92 Å². The Kier molecular flexibility index (Phi) is 3.60. The fourth-order valence-corrected chi connectivity index (χ4v) is 3.74. The molecule has 1 unspecified atom stereocenters. The molecule has 4 nitrogen and oxygen atoms in total. The van der Waals surface area contributed by atoms with Crippen LogP contribution >= 0.6 is 0 Å². The van der Waals surface area contributed by atoms with E-state index < -0.39 is 0 Å². The molecule has 2 heterocycles. The van der Waals surface area contributed by atoms with E-state index in [0.29, 0.717) is 22.7 Å². The number of carbonyl (C=O) groups is 2. The van der Waals surface area contributed by atoms with Gasteiger partial charge in [0.2, 0.25) is 0 Å². The molecule has 1 atom stereocenters. The second kappa shape index (κ2) is 5.78. The second-order valence-electron chi connectivity index (χ2n) is 6.67. The van der Waals surface area contributed by atoms with Crippen LogP contribution in [-0.2, 0) is 0 Å². The number of carbonyl (C=O) groups excluding carboxylic acids is 2. The molecule has 0 aliphatic carbocycles. The molecule has 2 amide bonds. The smallest absolute Gasteiger partial charge is 0.266 e. The van der Waals surface area contributed by atoms with E-state index in [1.54, 1.807) is 24.3 Å². The van der Waals surface area contributed by atoms with Gasteiger partial charge in [0, 0.05) is 13.1 Å². The van der Waals surface area contributed by atoms with Gasteiger partial charge in [0.1, 0.15) is 0 Å². The first-order valence-corrected chi connectivity index (χ1v) is 8.48. The predicted molar refractivity (Wildman–Crippen MR) is 94.6 cm³/mol. The molecule has 2 aliphatic heterocycles. The largest absolute Gasteiger partial charge is 0.370 e. The van der Waals surface area contributed by atoms with Gasteiger partial charge in [-0.15, -0.1) is 0 Å². The average Bonchev–Trinajstić information content (AvgIpc) is 2.86. The summed E-state index contributed by atoms with van der Waals surface area (Å²) in [6.07, 6.45) is 2.36. The first-order chi connectivity index (χ1) is 11.7. The predicted octanol–water partition coefficient (Wildman–Crippen LogP) is 3.72. The normalized spacial score (nSPS) is 20.5. The summed E-state index contributed by atoms with van der Waals surface area (Å²) in [7, 11) is 0. The summed E-state index contributed by atoms with van der Waals surface area (Å²) in [4.78, 5) is 29.2. The quantitative estimate of drug-likeness (QED) is 0.792. The Morgan fingerprint density at radius 1 is 0.875 bits per heavy atom. The van der Waals surface area contributed by atoms with E-state index in [9.17, 15) is 9.59 Å². The van der Waals surface area contributed by atoms with E-state index in [2.05, 4.69) is 11.8 Å². The number of hydrogen-bond acceptors (Lipinski definition) is 3. The summed E-state index contributed by atoms with van der Waals surface area (Å²) < 4.78 is 0. The first kappa shape index (κ1) is 14.9. The van der Waals surface area contributed by atoms with Gasteiger partial charge in [0.15, 0.2) is 0 Å². The Hall–Kier alpha value is -2.62. The summed E-state index contributed by atoms with van der Waals surface area (Å²) in [5.74, 6) is 0.162. The second-order valence-corrected chi connectivity index (χ2v) is 6.67. The van der Waals surface area contributed by atoms with Crippen LogP contribution in [0.15, 0.2) is 48.5 Å². The van der Waals surface area contributed by atoms with Crippen LogP contribution < -0.4 is 9.80 Å². The van der Waals surface area contributed by atoms with Crippen LogP contribution in [0.2, 0.25) is 0 Å². The number of benzene rings is 2. The van der Waals surface area contributed by atoms with Crippen molar-refractivity contribution in [1.29, 1.82) is 0 Å². The lowest BCUT2D eigenvalue weighted by atomic mass is 9.99. The molecule has 4 heteroatoms. The third-order valence-corrected chi connectivity index (χ3v) is 4.91. The SMILES string of the molecule is CC1CCCN(c2ccccc2N2C(=O)c3ccccc3C2=O)C1. The van der Waals surface area contributed by atoms with E-state index in [4.69, 9.17) is 0 Å². The maximum Gasteiger partial charge on any atom is 0.266 e. The van der Waals surface area contributed by atoms with Crippen molar-refractivity contribution in [3.8, 4) is 0 Å². The highest BCUT2D eigenvalue weighted by Crippen LogP contribution is 2.36. The molecule has 0 bridgehead atoms. The minimum atomic E-state index is -0.229. The van der Waals surface area contributed by atoms with E-state index in [0.717, 1.165) is 25.2 Å². The van der Waals surface area contributed by atoms with E-state index in [1.807, 2.05) is 24.3 Å². The number of anilines is 2. The van der Waals surface area contributed by atoms with E-state index in [-0.39, 0.29) is 11.8 Å². The number of amides is 2. The molecule has 0 N–H and O–H groups in total. The van der Waals surface area contributed by atoms with Gasteiger partial charge in [0.25, 0.3) is 11.8 Å². The lowest BCUT2D eigenvalue weighted by Crippen LogP contribution is -2.37. The number of imide groups is 1. The van der Waals surface area contributed by atoms with Crippen LogP contribution in [0, 0.1) is 5.92 Å². The van der Waals surface area contributed by atoms with Crippen LogP contribution in [0.25, 0.3) is 0 Å². The fraction of sp³-hybridized carbons (Fsp3) is 0.300. The minimum Gasteiger partial charge on any atom is -0.370 e. The summed E-state index contributed by atoms with van der Waals surface area (Å²) in [5.41, 5.74) is 2.64. The van der Waals surface area contributed by atoms with Crippen molar-refractivity contribution in [2.75, 3.05) is 22.9 Å². The molecule has 2 aromatic carbocycles. The van der Waals surface area contributed by atoms with Crippen LogP contribution in [-0.4, -0.2) is 24.9 Å². The molecule has 2 aromatic rings. The minimum absolute atomic E-state index is 0.229. The highest BCUT2D eigenvalue weighted by Gasteiger charge is 2.38. The van der Waals surface area contributed by atoms with Gasteiger partial charge in [-0.05, 0) is 43.0 Å². The third-order valence-electron chi connectivity index (χ3n) is 4.91. The number of para-hydroxylation sites is 2. The Morgan fingerprint density at radius 2 is 1.46 bits per heavy atom. The van der Waals surface area contributed by atoms with E-state index in [1.165, 1.54) is 11.3 Å². The zero-order valence-electron chi connectivity index (χ0n) is 13.7. The van der Waals surface area contributed by atoms with Gasteiger partial charge >= 0.3 is 0 Å².